The van der Waals surface area contributed by atoms with Gasteiger partial charge in [0, 0.05) is 12.7 Å². The molecule has 0 aliphatic heterocycles. The molecule has 1 aliphatic rings. The average molecular weight is 366 g/mol. The number of nitrogen functional groups attached to an aromatic ring is 1. The molecule has 0 spiro atoms. The molecule has 138 valence electrons. The van der Waals surface area contributed by atoms with E-state index in [1.807, 2.05) is 0 Å². The molecule has 8 heteroatoms. The Hall–Kier alpha value is -1.83. The van der Waals surface area contributed by atoms with Crippen molar-refractivity contribution in [3.05, 3.63) is 11.8 Å². The number of anilines is 1. The number of ether oxygens (including phenoxy) is 1. The number of hydrogen-bond acceptors (Lipinski definition) is 7. The molecule has 3 N–H and O–H groups in total. The van der Waals surface area contributed by atoms with E-state index >= 15 is 0 Å². The van der Waals surface area contributed by atoms with E-state index in [1.165, 1.54) is 50.1 Å². The number of amides is 1. The molecule has 0 aromatic carbocycles. The van der Waals surface area contributed by atoms with E-state index in [4.69, 9.17) is 10.5 Å². The third kappa shape index (κ3) is 5.88. The van der Waals surface area contributed by atoms with E-state index in [0.717, 1.165) is 6.54 Å². The first-order chi connectivity index (χ1) is 12.0. The van der Waals surface area contributed by atoms with Gasteiger partial charge < -0.3 is 15.8 Å². The first kappa shape index (κ1) is 19.5. The first-order valence-electron chi connectivity index (χ1n) is 8.75. The van der Waals surface area contributed by atoms with Gasteiger partial charge in [0.1, 0.15) is 11.4 Å². The lowest BCUT2D eigenvalue weighted by atomic mass is 9.89. The highest BCUT2D eigenvalue weighted by Gasteiger charge is 2.20. The molecular formula is C17H26N4O3S. The van der Waals surface area contributed by atoms with Crippen LogP contribution in [0.1, 0.15) is 56.3 Å². The number of nitrogens with one attached hydrogen (secondary N) is 1. The summed E-state index contributed by atoms with van der Waals surface area (Å²) in [6.07, 6.45) is 7.54. The van der Waals surface area contributed by atoms with E-state index in [9.17, 15) is 9.59 Å². The summed E-state index contributed by atoms with van der Waals surface area (Å²) in [6, 6.07) is 0. The van der Waals surface area contributed by atoms with Crippen LogP contribution in [-0.4, -0.2) is 40.2 Å². The zero-order valence-electron chi connectivity index (χ0n) is 14.8. The van der Waals surface area contributed by atoms with Crippen LogP contribution in [0.5, 0.6) is 0 Å². The van der Waals surface area contributed by atoms with Gasteiger partial charge >= 0.3 is 5.97 Å². The standard InChI is InChI=1S/C17H26N4O3S/c1-3-24-16(23)13-10-20-17(21-14(13)18)25-11(2)15(22)19-9-12-7-5-4-6-8-12/h10-12H,3-9H2,1-2H3,(H,19,22)(H2,18,20,21)/t11-/m0/s1. The van der Waals surface area contributed by atoms with Gasteiger partial charge in [-0.15, -0.1) is 0 Å². The van der Waals surface area contributed by atoms with Crippen LogP contribution < -0.4 is 11.1 Å². The Kier molecular flexibility index (Phi) is 7.49. The highest BCUT2D eigenvalue weighted by molar-refractivity contribution is 8.00. The number of esters is 1. The second-order valence-electron chi connectivity index (χ2n) is 6.18. The summed E-state index contributed by atoms with van der Waals surface area (Å²) in [5, 5.41) is 3.04. The third-order valence-corrected chi connectivity index (χ3v) is 5.21. The van der Waals surface area contributed by atoms with E-state index < -0.39 is 5.97 Å². The summed E-state index contributed by atoms with van der Waals surface area (Å²) in [5.74, 6) is 0.0680. The van der Waals surface area contributed by atoms with Gasteiger partial charge in [-0.2, -0.15) is 0 Å². The van der Waals surface area contributed by atoms with E-state index in [0.29, 0.717) is 11.1 Å². The van der Waals surface area contributed by atoms with Gasteiger partial charge in [-0.3, -0.25) is 4.79 Å². The summed E-state index contributed by atoms with van der Waals surface area (Å²) in [5.41, 5.74) is 5.93. The number of hydrogen-bond donors (Lipinski definition) is 2. The molecule has 1 aliphatic carbocycles. The largest absolute Gasteiger partial charge is 0.462 e. The molecule has 0 saturated heterocycles. The number of carbonyl (C=O) groups excluding carboxylic acids is 2. The lowest BCUT2D eigenvalue weighted by molar-refractivity contribution is -0.120. The fraction of sp³-hybridized carbons (Fsp3) is 0.647. The summed E-state index contributed by atoms with van der Waals surface area (Å²) < 4.78 is 4.89. The Labute approximate surface area is 152 Å². The highest BCUT2D eigenvalue weighted by atomic mass is 32.2. The molecule has 0 bridgehead atoms. The molecular weight excluding hydrogens is 340 g/mol. The van der Waals surface area contributed by atoms with Crippen molar-refractivity contribution in [3.8, 4) is 0 Å². The predicted octanol–water partition coefficient (Wildman–Crippen LogP) is 2.41. The van der Waals surface area contributed by atoms with Crippen LogP contribution in [0.15, 0.2) is 11.4 Å². The number of aromatic nitrogens is 2. The molecule has 1 heterocycles. The average Bonchev–Trinajstić information content (AvgIpc) is 2.60. The molecule has 1 atom stereocenters. The fourth-order valence-electron chi connectivity index (χ4n) is 2.79. The zero-order chi connectivity index (χ0) is 18.2. The van der Waals surface area contributed by atoms with Crippen molar-refractivity contribution in [3.63, 3.8) is 0 Å². The van der Waals surface area contributed by atoms with Gasteiger partial charge in [-0.05, 0) is 32.6 Å². The molecule has 25 heavy (non-hydrogen) atoms. The second-order valence-corrected chi connectivity index (χ2v) is 7.49. The van der Waals surface area contributed by atoms with E-state index in [2.05, 4.69) is 15.3 Å². The molecule has 1 aromatic heterocycles. The van der Waals surface area contributed by atoms with Crippen molar-refractivity contribution < 1.29 is 14.3 Å². The van der Waals surface area contributed by atoms with Crippen LogP contribution in [0.4, 0.5) is 5.82 Å². The molecule has 1 saturated carbocycles. The van der Waals surface area contributed by atoms with Gasteiger partial charge in [0.2, 0.25) is 5.91 Å². The molecule has 2 rings (SSSR count). The summed E-state index contributed by atoms with van der Waals surface area (Å²) in [6.45, 7) is 4.51. The van der Waals surface area contributed by atoms with Crippen molar-refractivity contribution in [2.24, 2.45) is 5.92 Å². The second kappa shape index (κ2) is 9.60. The van der Waals surface area contributed by atoms with Gasteiger partial charge in [0.15, 0.2) is 5.16 Å². The molecule has 1 fully saturated rings. The van der Waals surface area contributed by atoms with Gasteiger partial charge in [0.25, 0.3) is 0 Å². The predicted molar refractivity (Wildman–Crippen MR) is 97.3 cm³/mol. The summed E-state index contributed by atoms with van der Waals surface area (Å²) >= 11 is 1.22. The lowest BCUT2D eigenvalue weighted by Crippen LogP contribution is -2.35. The molecule has 0 unspecified atom stereocenters. The maximum absolute atomic E-state index is 12.2. The van der Waals surface area contributed by atoms with Crippen molar-refractivity contribution >= 4 is 29.5 Å². The molecule has 1 aromatic rings. The van der Waals surface area contributed by atoms with Gasteiger partial charge in [0.05, 0.1) is 11.9 Å². The molecule has 7 nitrogen and oxygen atoms in total. The lowest BCUT2D eigenvalue weighted by Gasteiger charge is -2.22. The molecule has 0 radical (unpaired) electrons. The van der Waals surface area contributed by atoms with Crippen LogP contribution in [-0.2, 0) is 9.53 Å². The summed E-state index contributed by atoms with van der Waals surface area (Å²) in [7, 11) is 0. The van der Waals surface area contributed by atoms with Crippen LogP contribution in [0.3, 0.4) is 0 Å². The Bertz CT molecular complexity index is 606. The normalized spacial score (nSPS) is 16.2. The van der Waals surface area contributed by atoms with Crippen molar-refractivity contribution in [2.75, 3.05) is 18.9 Å². The van der Waals surface area contributed by atoms with Crippen molar-refractivity contribution in [2.45, 2.75) is 56.4 Å². The Morgan fingerprint density at radius 3 is 2.76 bits per heavy atom. The van der Waals surface area contributed by atoms with Gasteiger partial charge in [-0.1, -0.05) is 31.0 Å². The third-order valence-electron chi connectivity index (χ3n) is 4.23. The quantitative estimate of drug-likeness (QED) is 0.433. The maximum atomic E-state index is 12.2. The van der Waals surface area contributed by atoms with Crippen LogP contribution in [0.2, 0.25) is 0 Å². The fourth-order valence-corrected chi connectivity index (χ4v) is 3.56. The minimum atomic E-state index is -0.546. The molecule has 1 amide bonds. The minimum Gasteiger partial charge on any atom is -0.462 e. The topological polar surface area (TPSA) is 107 Å². The number of rotatable bonds is 7. The minimum absolute atomic E-state index is 0.0350. The van der Waals surface area contributed by atoms with Crippen LogP contribution >= 0.6 is 11.8 Å². The van der Waals surface area contributed by atoms with Crippen molar-refractivity contribution in [1.82, 2.24) is 15.3 Å². The van der Waals surface area contributed by atoms with E-state index in [-0.39, 0.29) is 29.1 Å². The Morgan fingerprint density at radius 1 is 1.40 bits per heavy atom. The van der Waals surface area contributed by atoms with Crippen molar-refractivity contribution in [1.29, 1.82) is 0 Å². The number of nitrogens with two attached hydrogens (primary N) is 1. The Balaban J connectivity index is 1.86. The first-order valence-corrected chi connectivity index (χ1v) is 9.63. The Morgan fingerprint density at radius 2 is 2.12 bits per heavy atom. The van der Waals surface area contributed by atoms with Gasteiger partial charge in [-0.25, -0.2) is 14.8 Å². The number of nitrogens with zero attached hydrogens (tertiary/aromatic N) is 2. The van der Waals surface area contributed by atoms with Crippen LogP contribution in [0, 0.1) is 5.92 Å². The SMILES string of the molecule is CCOC(=O)c1cnc(S[C@@H](C)C(=O)NCC2CCCCC2)nc1N. The zero-order valence-corrected chi connectivity index (χ0v) is 15.6. The highest BCUT2D eigenvalue weighted by Crippen LogP contribution is 2.24. The summed E-state index contributed by atoms with van der Waals surface area (Å²) in [4.78, 5) is 32.1. The maximum Gasteiger partial charge on any atom is 0.343 e. The number of thioether (sulfide) groups is 1. The van der Waals surface area contributed by atoms with E-state index in [1.54, 1.807) is 13.8 Å². The monoisotopic (exact) mass is 366 g/mol. The number of carbonyl (C=O) groups is 2. The smallest absolute Gasteiger partial charge is 0.343 e. The van der Waals surface area contributed by atoms with Crippen LogP contribution in [0.25, 0.3) is 0 Å².